The third-order valence-corrected chi connectivity index (χ3v) is 3.89. The number of aromatic nitrogens is 3. The van der Waals surface area contributed by atoms with Gasteiger partial charge in [-0.3, -0.25) is 0 Å². The van der Waals surface area contributed by atoms with Gasteiger partial charge in [0.25, 0.3) is 0 Å². The van der Waals surface area contributed by atoms with Crippen molar-refractivity contribution >= 4 is 17.6 Å². The summed E-state index contributed by atoms with van der Waals surface area (Å²) in [5.74, 6) is 2.00. The van der Waals surface area contributed by atoms with Crippen LogP contribution in [0.25, 0.3) is 0 Å². The minimum Gasteiger partial charge on any atom is -0.363 e. The molecule has 0 saturated carbocycles. The molecule has 3 rings (SSSR count). The molecule has 0 aliphatic carbocycles. The van der Waals surface area contributed by atoms with Crippen LogP contribution in [-0.2, 0) is 0 Å². The maximum atomic E-state index is 13.0. The molecule has 1 saturated heterocycles. The second-order valence-electron chi connectivity index (χ2n) is 5.90. The first-order valence-electron chi connectivity index (χ1n) is 7.75. The zero-order chi connectivity index (χ0) is 16.2. The lowest BCUT2D eigenvalue weighted by molar-refractivity contribution is 0.523. The average Bonchev–Trinajstić information content (AvgIpc) is 2.56. The second-order valence-corrected chi connectivity index (χ2v) is 5.90. The molecule has 0 aromatic carbocycles. The van der Waals surface area contributed by atoms with E-state index in [-0.39, 0.29) is 11.9 Å². The zero-order valence-corrected chi connectivity index (χ0v) is 13.4. The van der Waals surface area contributed by atoms with Crippen molar-refractivity contribution in [3.63, 3.8) is 0 Å². The third-order valence-electron chi connectivity index (χ3n) is 3.89. The second kappa shape index (κ2) is 6.76. The van der Waals surface area contributed by atoms with E-state index in [1.54, 1.807) is 12.3 Å². The van der Waals surface area contributed by atoms with Crippen molar-refractivity contribution in [3.8, 4) is 0 Å². The molecule has 6 nitrogen and oxygen atoms in total. The van der Waals surface area contributed by atoms with Gasteiger partial charge in [-0.05, 0) is 31.0 Å². The molecular formula is C16H21FN6. The molecule has 1 fully saturated rings. The van der Waals surface area contributed by atoms with Crippen LogP contribution in [-0.4, -0.2) is 48.2 Å². The summed E-state index contributed by atoms with van der Waals surface area (Å²) in [6.07, 6.45) is 5.11. The summed E-state index contributed by atoms with van der Waals surface area (Å²) < 4.78 is 13.0. The van der Waals surface area contributed by atoms with Crippen LogP contribution in [0.1, 0.15) is 12.8 Å². The van der Waals surface area contributed by atoms with Crippen LogP contribution >= 0.6 is 0 Å². The van der Waals surface area contributed by atoms with E-state index in [1.165, 1.54) is 12.3 Å². The minimum atomic E-state index is -0.311. The average molecular weight is 316 g/mol. The molecule has 7 heteroatoms. The first-order valence-corrected chi connectivity index (χ1v) is 7.75. The molecule has 0 amide bonds. The van der Waals surface area contributed by atoms with Gasteiger partial charge in [0.05, 0.1) is 6.20 Å². The van der Waals surface area contributed by atoms with Gasteiger partial charge in [-0.1, -0.05) is 0 Å². The number of hydrogen-bond acceptors (Lipinski definition) is 6. The maximum Gasteiger partial charge on any atom is 0.224 e. The largest absolute Gasteiger partial charge is 0.363 e. The van der Waals surface area contributed by atoms with E-state index in [4.69, 9.17) is 0 Å². The molecule has 1 aliphatic rings. The first-order chi connectivity index (χ1) is 11.1. The first kappa shape index (κ1) is 15.5. The fourth-order valence-electron chi connectivity index (χ4n) is 2.71. The fourth-order valence-corrected chi connectivity index (χ4v) is 2.71. The van der Waals surface area contributed by atoms with Crippen molar-refractivity contribution < 1.29 is 4.39 Å². The molecule has 2 aromatic rings. The number of piperidine rings is 1. The third kappa shape index (κ3) is 3.85. The summed E-state index contributed by atoms with van der Waals surface area (Å²) in [7, 11) is 3.91. The quantitative estimate of drug-likeness (QED) is 0.933. The lowest BCUT2D eigenvalue weighted by Gasteiger charge is -2.34. The van der Waals surface area contributed by atoms with Gasteiger partial charge in [-0.15, -0.1) is 0 Å². The van der Waals surface area contributed by atoms with Gasteiger partial charge in [-0.25, -0.2) is 14.4 Å². The van der Waals surface area contributed by atoms with Crippen LogP contribution in [0, 0.1) is 5.82 Å². The van der Waals surface area contributed by atoms with Gasteiger partial charge < -0.3 is 15.1 Å². The van der Waals surface area contributed by atoms with E-state index < -0.39 is 0 Å². The van der Waals surface area contributed by atoms with Crippen LogP contribution in [0.5, 0.6) is 0 Å². The van der Waals surface area contributed by atoms with Crippen molar-refractivity contribution in [3.05, 3.63) is 36.4 Å². The molecule has 2 aromatic heterocycles. The van der Waals surface area contributed by atoms with Gasteiger partial charge in [0, 0.05) is 39.4 Å². The lowest BCUT2D eigenvalue weighted by Crippen LogP contribution is -2.42. The summed E-state index contributed by atoms with van der Waals surface area (Å²) in [6, 6.07) is 5.29. The number of anilines is 3. The Morgan fingerprint density at radius 3 is 2.87 bits per heavy atom. The van der Waals surface area contributed by atoms with E-state index in [9.17, 15) is 4.39 Å². The Bertz CT molecular complexity index is 645. The van der Waals surface area contributed by atoms with Gasteiger partial charge in [0.1, 0.15) is 17.5 Å². The molecule has 0 spiro atoms. The Balaban J connectivity index is 1.67. The topological polar surface area (TPSA) is 57.2 Å². The van der Waals surface area contributed by atoms with Gasteiger partial charge in [0.2, 0.25) is 5.95 Å². The highest BCUT2D eigenvalue weighted by Crippen LogP contribution is 2.20. The van der Waals surface area contributed by atoms with Crippen molar-refractivity contribution in [2.75, 3.05) is 42.3 Å². The molecule has 122 valence electrons. The zero-order valence-electron chi connectivity index (χ0n) is 13.4. The molecule has 1 unspecified atom stereocenters. The van der Waals surface area contributed by atoms with Crippen LogP contribution in [0.3, 0.4) is 0 Å². The SMILES string of the molecule is CN(C)c1ccnc(NC2CCCN(c3ccc(F)cn3)C2)n1. The number of nitrogens with zero attached hydrogens (tertiary/aromatic N) is 5. The van der Waals surface area contributed by atoms with Crippen molar-refractivity contribution in [2.24, 2.45) is 0 Å². The summed E-state index contributed by atoms with van der Waals surface area (Å²) in [6.45, 7) is 1.73. The number of rotatable bonds is 4. The summed E-state index contributed by atoms with van der Waals surface area (Å²) in [4.78, 5) is 17.1. The molecule has 3 heterocycles. The Morgan fingerprint density at radius 2 is 2.13 bits per heavy atom. The highest BCUT2D eigenvalue weighted by molar-refractivity contribution is 5.43. The predicted octanol–water partition coefficient (Wildman–Crippen LogP) is 2.16. The molecule has 1 atom stereocenters. The smallest absolute Gasteiger partial charge is 0.224 e. The van der Waals surface area contributed by atoms with E-state index in [2.05, 4.69) is 25.2 Å². The number of hydrogen-bond donors (Lipinski definition) is 1. The molecule has 1 aliphatic heterocycles. The van der Waals surface area contributed by atoms with E-state index >= 15 is 0 Å². The lowest BCUT2D eigenvalue weighted by atomic mass is 10.1. The number of nitrogens with one attached hydrogen (secondary N) is 1. The Hall–Kier alpha value is -2.44. The highest BCUT2D eigenvalue weighted by atomic mass is 19.1. The Morgan fingerprint density at radius 1 is 1.26 bits per heavy atom. The van der Waals surface area contributed by atoms with Crippen molar-refractivity contribution in [1.29, 1.82) is 0 Å². The van der Waals surface area contributed by atoms with Crippen molar-refractivity contribution in [1.82, 2.24) is 15.0 Å². The normalized spacial score (nSPS) is 17.9. The summed E-state index contributed by atoms with van der Waals surface area (Å²) >= 11 is 0. The Kier molecular flexibility index (Phi) is 4.55. The predicted molar refractivity (Wildman–Crippen MR) is 89.4 cm³/mol. The van der Waals surface area contributed by atoms with Crippen LogP contribution < -0.4 is 15.1 Å². The van der Waals surface area contributed by atoms with Crippen molar-refractivity contribution in [2.45, 2.75) is 18.9 Å². The summed E-state index contributed by atoms with van der Waals surface area (Å²) in [5, 5.41) is 3.39. The Labute approximate surface area is 135 Å². The van der Waals surface area contributed by atoms with E-state index in [0.29, 0.717) is 5.95 Å². The number of pyridine rings is 1. The van der Waals surface area contributed by atoms with Gasteiger partial charge in [0.15, 0.2) is 0 Å². The van der Waals surface area contributed by atoms with E-state index in [1.807, 2.05) is 25.1 Å². The van der Waals surface area contributed by atoms with E-state index in [0.717, 1.165) is 37.6 Å². The van der Waals surface area contributed by atoms with Gasteiger partial charge in [-0.2, -0.15) is 4.98 Å². The number of halogens is 1. The fraction of sp³-hybridized carbons (Fsp3) is 0.438. The summed E-state index contributed by atoms with van der Waals surface area (Å²) in [5.41, 5.74) is 0. The monoisotopic (exact) mass is 316 g/mol. The maximum absolute atomic E-state index is 13.0. The molecule has 0 radical (unpaired) electrons. The van der Waals surface area contributed by atoms with Crippen LogP contribution in [0.15, 0.2) is 30.6 Å². The van der Waals surface area contributed by atoms with Crippen LogP contribution in [0.2, 0.25) is 0 Å². The standard InChI is InChI=1S/C16H21FN6/c1-22(2)15-7-8-18-16(21-15)20-13-4-3-9-23(11-13)14-6-5-12(17)10-19-14/h5-8,10,13H,3-4,9,11H2,1-2H3,(H,18,20,21). The molecule has 1 N–H and O–H groups in total. The van der Waals surface area contributed by atoms with Crippen LogP contribution in [0.4, 0.5) is 22.0 Å². The molecular weight excluding hydrogens is 295 g/mol. The minimum absolute atomic E-state index is 0.244. The van der Waals surface area contributed by atoms with Gasteiger partial charge >= 0.3 is 0 Å². The highest BCUT2D eigenvalue weighted by Gasteiger charge is 2.21. The molecule has 0 bridgehead atoms. The molecule has 23 heavy (non-hydrogen) atoms.